The Labute approximate surface area is 222 Å². The van der Waals surface area contributed by atoms with Crippen LogP contribution < -0.4 is 14.4 Å². The number of hydrogen-bond donors (Lipinski definition) is 1. The number of benzene rings is 2. The second-order valence-electron chi connectivity index (χ2n) is 9.15. The Morgan fingerprint density at radius 1 is 1.16 bits per heavy atom. The minimum atomic E-state index is -3.94. The first kappa shape index (κ1) is 28.7. The third kappa shape index (κ3) is 7.58. The minimum Gasteiger partial charge on any atom is -0.497 e. The smallest absolute Gasteiger partial charge is 0.244 e. The Morgan fingerprint density at radius 2 is 1.81 bits per heavy atom. The van der Waals surface area contributed by atoms with Crippen LogP contribution in [-0.2, 0) is 26.2 Å². The minimum absolute atomic E-state index is 0.0510. The van der Waals surface area contributed by atoms with Crippen LogP contribution in [-0.4, -0.2) is 57.1 Å². The first-order valence-corrected chi connectivity index (χ1v) is 14.4. The molecule has 3 rings (SSSR count). The molecule has 2 aromatic carbocycles. The number of carbonyl (C=O) groups is 2. The fraction of sp³-hybridized carbons (Fsp3) is 0.462. The van der Waals surface area contributed by atoms with Crippen molar-refractivity contribution in [1.82, 2.24) is 10.2 Å². The maximum absolute atomic E-state index is 13.7. The van der Waals surface area contributed by atoms with Crippen molar-refractivity contribution >= 4 is 39.1 Å². The van der Waals surface area contributed by atoms with Gasteiger partial charge >= 0.3 is 0 Å². The molecule has 0 aliphatic heterocycles. The fourth-order valence-electron chi connectivity index (χ4n) is 4.47. The molecule has 2 aromatic rings. The number of nitrogens with zero attached hydrogens (tertiary/aromatic N) is 2. The highest BCUT2D eigenvalue weighted by atomic mass is 35.5. The van der Waals surface area contributed by atoms with Crippen LogP contribution in [0.4, 0.5) is 10.1 Å². The van der Waals surface area contributed by atoms with Crippen LogP contribution in [0.1, 0.15) is 44.6 Å². The molecule has 202 valence electrons. The van der Waals surface area contributed by atoms with Crippen molar-refractivity contribution in [3.63, 3.8) is 0 Å². The fourth-order valence-corrected chi connectivity index (χ4v) is 5.48. The Hall–Kier alpha value is -2.85. The summed E-state index contributed by atoms with van der Waals surface area (Å²) >= 11 is 5.88. The van der Waals surface area contributed by atoms with Gasteiger partial charge in [0, 0.05) is 12.6 Å². The summed E-state index contributed by atoms with van der Waals surface area (Å²) in [5, 5.41) is 2.79. The van der Waals surface area contributed by atoms with Gasteiger partial charge in [0.15, 0.2) is 0 Å². The highest BCUT2D eigenvalue weighted by molar-refractivity contribution is 7.92. The molecule has 8 nitrogen and oxygen atoms in total. The Bertz CT molecular complexity index is 1200. The van der Waals surface area contributed by atoms with E-state index in [2.05, 4.69) is 5.32 Å². The Balaban J connectivity index is 1.93. The van der Waals surface area contributed by atoms with Gasteiger partial charge in [-0.15, -0.1) is 0 Å². The monoisotopic (exact) mass is 553 g/mol. The largest absolute Gasteiger partial charge is 0.497 e. The van der Waals surface area contributed by atoms with Gasteiger partial charge in [-0.2, -0.15) is 0 Å². The van der Waals surface area contributed by atoms with E-state index in [1.165, 1.54) is 11.0 Å². The lowest BCUT2D eigenvalue weighted by Crippen LogP contribution is -2.53. The average Bonchev–Trinajstić information content (AvgIpc) is 3.36. The molecule has 0 radical (unpaired) electrons. The highest BCUT2D eigenvalue weighted by Gasteiger charge is 2.33. The summed E-state index contributed by atoms with van der Waals surface area (Å²) in [5.41, 5.74) is 0.798. The number of ether oxygens (including phenoxy) is 1. The normalized spacial score (nSPS) is 14.7. The molecular weight excluding hydrogens is 521 g/mol. The third-order valence-corrected chi connectivity index (χ3v) is 7.90. The molecule has 0 spiro atoms. The maximum atomic E-state index is 13.7. The zero-order valence-corrected chi connectivity index (χ0v) is 22.8. The van der Waals surface area contributed by atoms with E-state index in [0.29, 0.717) is 12.2 Å². The van der Waals surface area contributed by atoms with Crippen LogP contribution in [0.2, 0.25) is 5.02 Å². The Kier molecular flexibility index (Phi) is 9.78. The molecule has 1 atom stereocenters. The lowest BCUT2D eigenvalue weighted by molar-refractivity contribution is -0.140. The SMILES string of the molecule is CC[C@H](C(=O)NC1CCCC1)N(Cc1ccc(OC)cc1)C(=O)CN(c1ccc(F)c(Cl)c1)S(C)(=O)=O. The second kappa shape index (κ2) is 12.6. The van der Waals surface area contributed by atoms with E-state index in [9.17, 15) is 22.4 Å². The van der Waals surface area contributed by atoms with E-state index in [-0.39, 0.29) is 29.2 Å². The molecule has 11 heteroatoms. The highest BCUT2D eigenvalue weighted by Crippen LogP contribution is 2.26. The lowest BCUT2D eigenvalue weighted by atomic mass is 10.1. The van der Waals surface area contributed by atoms with Crippen molar-refractivity contribution in [3.8, 4) is 5.75 Å². The zero-order valence-electron chi connectivity index (χ0n) is 21.2. The number of rotatable bonds is 11. The molecule has 1 saturated carbocycles. The molecule has 0 unspecified atom stereocenters. The van der Waals surface area contributed by atoms with Crippen molar-refractivity contribution in [2.75, 3.05) is 24.2 Å². The number of hydrogen-bond acceptors (Lipinski definition) is 5. The molecule has 0 bridgehead atoms. The lowest BCUT2D eigenvalue weighted by Gasteiger charge is -2.33. The van der Waals surface area contributed by atoms with E-state index in [0.717, 1.165) is 53.9 Å². The van der Waals surface area contributed by atoms with Crippen molar-refractivity contribution in [2.45, 2.75) is 57.7 Å². The molecular formula is C26H33ClFN3O5S. The average molecular weight is 554 g/mol. The summed E-state index contributed by atoms with van der Waals surface area (Å²) in [6, 6.07) is 9.77. The topological polar surface area (TPSA) is 96.0 Å². The molecule has 0 heterocycles. The van der Waals surface area contributed by atoms with Crippen LogP contribution in [0, 0.1) is 5.82 Å². The van der Waals surface area contributed by atoms with Gasteiger partial charge < -0.3 is 15.0 Å². The zero-order chi connectivity index (χ0) is 27.2. The van der Waals surface area contributed by atoms with Gasteiger partial charge in [-0.1, -0.05) is 43.5 Å². The van der Waals surface area contributed by atoms with Gasteiger partial charge in [-0.25, -0.2) is 12.8 Å². The van der Waals surface area contributed by atoms with Crippen LogP contribution in [0.25, 0.3) is 0 Å². The van der Waals surface area contributed by atoms with Gasteiger partial charge in [-0.05, 0) is 55.2 Å². The quantitative estimate of drug-likeness (QED) is 0.451. The van der Waals surface area contributed by atoms with E-state index in [4.69, 9.17) is 16.3 Å². The molecule has 2 amide bonds. The molecule has 1 fully saturated rings. The number of sulfonamides is 1. The molecule has 1 N–H and O–H groups in total. The first-order chi connectivity index (χ1) is 17.5. The molecule has 1 aliphatic carbocycles. The predicted molar refractivity (Wildman–Crippen MR) is 142 cm³/mol. The van der Waals surface area contributed by atoms with E-state index in [1.807, 2.05) is 0 Å². The summed E-state index contributed by atoms with van der Waals surface area (Å²) < 4.78 is 45.1. The van der Waals surface area contributed by atoms with Gasteiger partial charge in [0.1, 0.15) is 24.2 Å². The number of nitrogens with one attached hydrogen (secondary N) is 1. The van der Waals surface area contributed by atoms with Crippen LogP contribution >= 0.6 is 11.6 Å². The van der Waals surface area contributed by atoms with Crippen LogP contribution in [0.5, 0.6) is 5.75 Å². The first-order valence-electron chi connectivity index (χ1n) is 12.2. The number of carbonyl (C=O) groups excluding carboxylic acids is 2. The van der Waals surface area contributed by atoms with Crippen LogP contribution in [0.15, 0.2) is 42.5 Å². The van der Waals surface area contributed by atoms with Gasteiger partial charge in [0.25, 0.3) is 0 Å². The van der Waals surface area contributed by atoms with Crippen molar-refractivity contribution < 1.29 is 27.1 Å². The molecule has 0 aromatic heterocycles. The number of amides is 2. The third-order valence-electron chi connectivity index (χ3n) is 6.47. The van der Waals surface area contributed by atoms with Crippen molar-refractivity contribution in [2.24, 2.45) is 0 Å². The number of anilines is 1. The summed E-state index contributed by atoms with van der Waals surface area (Å²) in [5.74, 6) is -0.910. The van der Waals surface area contributed by atoms with Crippen molar-refractivity contribution in [3.05, 3.63) is 58.9 Å². The summed E-state index contributed by atoms with van der Waals surface area (Å²) in [6.07, 6.45) is 5.15. The van der Waals surface area contributed by atoms with Crippen LogP contribution in [0.3, 0.4) is 0 Å². The van der Waals surface area contributed by atoms with E-state index < -0.39 is 34.3 Å². The van der Waals surface area contributed by atoms with Gasteiger partial charge in [-0.3, -0.25) is 13.9 Å². The van der Waals surface area contributed by atoms with Gasteiger partial charge in [0.05, 0.1) is 24.1 Å². The molecule has 37 heavy (non-hydrogen) atoms. The Morgan fingerprint density at radius 3 is 2.35 bits per heavy atom. The molecule has 0 saturated heterocycles. The number of halogens is 2. The van der Waals surface area contributed by atoms with E-state index in [1.54, 1.807) is 38.3 Å². The second-order valence-corrected chi connectivity index (χ2v) is 11.5. The standard InChI is InChI=1S/C26H33ClFN3O5S/c1-4-24(26(33)29-19-7-5-6-8-19)30(16-18-9-12-21(36-2)13-10-18)25(32)17-31(37(3,34)35)20-11-14-23(28)22(27)15-20/h9-15,19,24H,4-8,16-17H2,1-3H3,(H,29,33)/t24-/m1/s1. The molecule has 1 aliphatic rings. The predicted octanol–water partition coefficient (Wildman–Crippen LogP) is 4.12. The summed E-state index contributed by atoms with van der Waals surface area (Å²) in [4.78, 5) is 28.4. The summed E-state index contributed by atoms with van der Waals surface area (Å²) in [6.45, 7) is 1.31. The van der Waals surface area contributed by atoms with Crippen molar-refractivity contribution in [1.29, 1.82) is 0 Å². The van der Waals surface area contributed by atoms with Gasteiger partial charge in [0.2, 0.25) is 21.8 Å². The number of methoxy groups -OCH3 is 1. The van der Waals surface area contributed by atoms with E-state index >= 15 is 0 Å². The maximum Gasteiger partial charge on any atom is 0.244 e. The summed E-state index contributed by atoms with van der Waals surface area (Å²) in [7, 11) is -2.39.